The molecule has 25 heavy (non-hydrogen) atoms. The molecule has 2 aromatic rings. The topological polar surface area (TPSA) is 64.6 Å². The average molecular weight is 362 g/mol. The molecule has 0 saturated heterocycles. The zero-order valence-electron chi connectivity index (χ0n) is 14.1. The van der Waals surface area contributed by atoms with Crippen LogP contribution in [0.5, 0.6) is 5.75 Å². The van der Waals surface area contributed by atoms with Crippen LogP contribution in [0.1, 0.15) is 18.1 Å². The van der Waals surface area contributed by atoms with Crippen molar-refractivity contribution in [3.63, 3.8) is 0 Å². The van der Waals surface area contributed by atoms with Gasteiger partial charge < -0.3 is 14.8 Å². The minimum atomic E-state index is -0.903. The van der Waals surface area contributed by atoms with Gasteiger partial charge in [-0.25, -0.2) is 4.79 Å². The van der Waals surface area contributed by atoms with Crippen molar-refractivity contribution in [1.82, 2.24) is 5.32 Å². The molecular formula is C19H20ClNO4. The Morgan fingerprint density at radius 1 is 1.12 bits per heavy atom. The quantitative estimate of drug-likeness (QED) is 0.769. The van der Waals surface area contributed by atoms with E-state index in [0.29, 0.717) is 17.3 Å². The van der Waals surface area contributed by atoms with Gasteiger partial charge in [0.15, 0.2) is 12.7 Å². The summed E-state index contributed by atoms with van der Waals surface area (Å²) < 4.78 is 10.5. The fourth-order valence-electron chi connectivity index (χ4n) is 2.07. The molecule has 1 N–H and O–H groups in total. The van der Waals surface area contributed by atoms with Gasteiger partial charge in [0.05, 0.1) is 0 Å². The number of esters is 1. The third-order valence-electron chi connectivity index (χ3n) is 3.50. The Morgan fingerprint density at radius 2 is 1.80 bits per heavy atom. The summed E-state index contributed by atoms with van der Waals surface area (Å²) in [6.45, 7) is 3.48. The van der Waals surface area contributed by atoms with Gasteiger partial charge in [-0.3, -0.25) is 4.79 Å². The first-order chi connectivity index (χ1) is 12.0. The highest BCUT2D eigenvalue weighted by Crippen LogP contribution is 2.16. The van der Waals surface area contributed by atoms with E-state index in [1.165, 1.54) is 6.92 Å². The van der Waals surface area contributed by atoms with Crippen LogP contribution in [0.3, 0.4) is 0 Å². The summed E-state index contributed by atoms with van der Waals surface area (Å²) in [5, 5.41) is 3.34. The number of benzene rings is 2. The summed E-state index contributed by atoms with van der Waals surface area (Å²) in [4.78, 5) is 23.8. The summed E-state index contributed by atoms with van der Waals surface area (Å²) in [6.07, 6.45) is -0.903. The molecule has 1 amide bonds. The number of carbonyl (C=O) groups is 2. The third kappa shape index (κ3) is 6.12. The van der Waals surface area contributed by atoms with Crippen LogP contribution < -0.4 is 10.1 Å². The van der Waals surface area contributed by atoms with E-state index in [0.717, 1.165) is 11.1 Å². The highest BCUT2D eigenvalue weighted by Gasteiger charge is 2.18. The van der Waals surface area contributed by atoms with Crippen molar-refractivity contribution in [2.24, 2.45) is 0 Å². The first-order valence-electron chi connectivity index (χ1n) is 7.86. The normalized spacial score (nSPS) is 11.5. The number of rotatable bonds is 7. The van der Waals surface area contributed by atoms with Gasteiger partial charge in [-0.2, -0.15) is 0 Å². The monoisotopic (exact) mass is 361 g/mol. The molecule has 1 atom stereocenters. The Morgan fingerprint density at radius 3 is 2.48 bits per heavy atom. The number of aryl methyl sites for hydroxylation is 1. The van der Waals surface area contributed by atoms with Crippen molar-refractivity contribution in [3.05, 3.63) is 64.7 Å². The number of carbonyl (C=O) groups excluding carboxylic acids is 2. The molecule has 0 aliphatic heterocycles. The highest BCUT2D eigenvalue weighted by molar-refractivity contribution is 6.30. The fraction of sp³-hybridized carbons (Fsp3) is 0.263. The minimum absolute atomic E-state index is 0.250. The van der Waals surface area contributed by atoms with Crippen LogP contribution in [0.25, 0.3) is 0 Å². The molecular weight excluding hydrogens is 342 g/mol. The maximum atomic E-state index is 12.0. The second-order valence-electron chi connectivity index (χ2n) is 5.53. The maximum absolute atomic E-state index is 12.0. The first-order valence-corrected chi connectivity index (χ1v) is 8.23. The van der Waals surface area contributed by atoms with E-state index in [-0.39, 0.29) is 12.5 Å². The lowest BCUT2D eigenvalue weighted by molar-refractivity contribution is -0.156. The molecule has 0 heterocycles. The van der Waals surface area contributed by atoms with Gasteiger partial charge in [0.2, 0.25) is 0 Å². The van der Waals surface area contributed by atoms with Gasteiger partial charge in [-0.1, -0.05) is 41.9 Å². The molecule has 0 bridgehead atoms. The Kier molecular flexibility index (Phi) is 6.83. The fourth-order valence-corrected chi connectivity index (χ4v) is 2.20. The predicted molar refractivity (Wildman–Crippen MR) is 95.5 cm³/mol. The molecule has 0 aliphatic carbocycles. The molecule has 132 valence electrons. The number of halogens is 1. The Bertz CT molecular complexity index is 730. The lowest BCUT2D eigenvalue weighted by Crippen LogP contribution is -2.36. The zero-order valence-corrected chi connectivity index (χ0v) is 14.9. The van der Waals surface area contributed by atoms with E-state index in [1.807, 2.05) is 37.3 Å². The molecule has 0 aliphatic rings. The molecule has 6 heteroatoms. The molecule has 0 fully saturated rings. The van der Waals surface area contributed by atoms with E-state index in [2.05, 4.69) is 5.32 Å². The van der Waals surface area contributed by atoms with Gasteiger partial charge in [0, 0.05) is 11.6 Å². The number of para-hydroxylation sites is 1. The van der Waals surface area contributed by atoms with Gasteiger partial charge in [0.1, 0.15) is 5.75 Å². The lowest BCUT2D eigenvalue weighted by atomic mass is 10.2. The largest absolute Gasteiger partial charge is 0.482 e. The standard InChI is InChI=1S/C19H20ClNO4/c1-13-5-3-4-6-17(13)24-12-18(22)25-14(2)19(23)21-11-15-7-9-16(20)10-8-15/h3-10,14H,11-12H2,1-2H3,(H,21,23). The van der Waals surface area contributed by atoms with Crippen molar-refractivity contribution in [1.29, 1.82) is 0 Å². The number of amides is 1. The van der Waals surface area contributed by atoms with E-state index in [9.17, 15) is 9.59 Å². The molecule has 0 saturated carbocycles. The number of ether oxygens (including phenoxy) is 2. The van der Waals surface area contributed by atoms with Crippen LogP contribution in [0, 0.1) is 6.92 Å². The zero-order chi connectivity index (χ0) is 18.2. The van der Waals surface area contributed by atoms with Crippen molar-refractivity contribution in [2.75, 3.05) is 6.61 Å². The molecule has 0 spiro atoms. The van der Waals surface area contributed by atoms with Crippen molar-refractivity contribution < 1.29 is 19.1 Å². The van der Waals surface area contributed by atoms with E-state index in [1.54, 1.807) is 18.2 Å². The van der Waals surface area contributed by atoms with Crippen LogP contribution in [-0.2, 0) is 20.9 Å². The van der Waals surface area contributed by atoms with Crippen LogP contribution in [0.4, 0.5) is 0 Å². The summed E-state index contributed by atoms with van der Waals surface area (Å²) in [7, 11) is 0. The number of hydrogen-bond donors (Lipinski definition) is 1. The summed E-state index contributed by atoms with van der Waals surface area (Å²) in [5.74, 6) is -0.365. The van der Waals surface area contributed by atoms with Gasteiger partial charge >= 0.3 is 5.97 Å². The Hall–Kier alpha value is -2.53. The molecule has 1 unspecified atom stereocenters. The van der Waals surface area contributed by atoms with Crippen molar-refractivity contribution in [3.8, 4) is 5.75 Å². The minimum Gasteiger partial charge on any atom is -0.482 e. The van der Waals surface area contributed by atoms with Gasteiger partial charge in [0.25, 0.3) is 5.91 Å². The molecule has 0 aromatic heterocycles. The molecule has 5 nitrogen and oxygen atoms in total. The number of nitrogens with one attached hydrogen (secondary N) is 1. The van der Waals surface area contributed by atoms with E-state index >= 15 is 0 Å². The molecule has 2 aromatic carbocycles. The predicted octanol–water partition coefficient (Wildman–Crippen LogP) is 3.28. The van der Waals surface area contributed by atoms with Gasteiger partial charge in [-0.05, 0) is 43.2 Å². The first kappa shape index (κ1) is 18.8. The van der Waals surface area contributed by atoms with Crippen LogP contribution in [0.2, 0.25) is 5.02 Å². The van der Waals surface area contributed by atoms with Crippen molar-refractivity contribution in [2.45, 2.75) is 26.5 Å². The average Bonchev–Trinajstić information content (AvgIpc) is 2.60. The van der Waals surface area contributed by atoms with Crippen LogP contribution >= 0.6 is 11.6 Å². The summed E-state index contributed by atoms with van der Waals surface area (Å²) in [6, 6.07) is 14.5. The summed E-state index contributed by atoms with van der Waals surface area (Å²) >= 11 is 5.81. The summed E-state index contributed by atoms with van der Waals surface area (Å²) in [5.41, 5.74) is 1.82. The SMILES string of the molecule is Cc1ccccc1OCC(=O)OC(C)C(=O)NCc1ccc(Cl)cc1. The Balaban J connectivity index is 1.75. The molecule has 2 rings (SSSR count). The highest BCUT2D eigenvalue weighted by atomic mass is 35.5. The molecule has 0 radical (unpaired) electrons. The van der Waals surface area contributed by atoms with Crippen LogP contribution in [-0.4, -0.2) is 24.6 Å². The Labute approximate surface area is 151 Å². The second-order valence-corrected chi connectivity index (χ2v) is 5.97. The van der Waals surface area contributed by atoms with E-state index in [4.69, 9.17) is 21.1 Å². The van der Waals surface area contributed by atoms with E-state index < -0.39 is 12.1 Å². The maximum Gasteiger partial charge on any atom is 0.344 e. The second kappa shape index (κ2) is 9.08. The van der Waals surface area contributed by atoms with Crippen LogP contribution in [0.15, 0.2) is 48.5 Å². The lowest BCUT2D eigenvalue weighted by Gasteiger charge is -2.14. The van der Waals surface area contributed by atoms with Crippen molar-refractivity contribution >= 4 is 23.5 Å². The van der Waals surface area contributed by atoms with Gasteiger partial charge in [-0.15, -0.1) is 0 Å². The number of hydrogen-bond acceptors (Lipinski definition) is 4. The third-order valence-corrected chi connectivity index (χ3v) is 3.75. The smallest absolute Gasteiger partial charge is 0.344 e.